The van der Waals surface area contributed by atoms with E-state index in [1.54, 1.807) is 63.4 Å². The lowest BCUT2D eigenvalue weighted by molar-refractivity contribution is -0.151. The smallest absolute Gasteiger partial charge is 0.372 e. The van der Waals surface area contributed by atoms with Gasteiger partial charge in [-0.2, -0.15) is 48.1 Å². The Morgan fingerprint density at radius 1 is 0.345 bits per heavy atom. The molecule has 11 N–H and O–H groups in total. The maximum absolute atomic E-state index is 11.8. The number of nitrogen functional groups attached to an aromatic ring is 5. The number of nitrogens with zero attached hydrogens (tertiary/aromatic N) is 22. The molecule has 35 nitrogen and oxygen atoms in total. The fourth-order valence-electron chi connectivity index (χ4n) is 19.8. The maximum Gasteiger partial charge on any atom is 0.372 e. The van der Waals surface area contributed by atoms with Gasteiger partial charge >= 0.3 is 5.97 Å². The Morgan fingerprint density at radius 2 is 0.593 bits per heavy atom. The predicted octanol–water partition coefficient (Wildman–Crippen LogP) is 18.2. The van der Waals surface area contributed by atoms with Crippen LogP contribution in [0.1, 0.15) is 122 Å². The van der Waals surface area contributed by atoms with Gasteiger partial charge in [0.25, 0.3) is 0 Å². The van der Waals surface area contributed by atoms with Crippen LogP contribution in [0.15, 0.2) is 236 Å². The van der Waals surface area contributed by atoms with Crippen LogP contribution in [0.25, 0.3) is 138 Å². The van der Waals surface area contributed by atoms with Crippen LogP contribution in [0.2, 0.25) is 0 Å². The quantitative estimate of drug-likeness (QED) is 0.0435. The molecule has 5 fully saturated rings. The monoisotopic (exact) mass is 2290 g/mol. The molecule has 4 saturated heterocycles. The minimum atomic E-state index is -2.95. The van der Waals surface area contributed by atoms with E-state index in [-0.39, 0.29) is 41.1 Å². The standard InChI is InChI=1S/C23H20BrN5O3.2C20H17BrN6O.C20H18BrN5O2S.C20H18BrN5OS/c24-18-19(12-5-7-13(8-6-12)20(30)23(31)32)28-22-16(11-27-29(22)21(18)25)15-9-14-3-1-2-4-17(14)26-10-15;2*21-17-18(13-5-6-26(10-13)11-28)25-20-15(9-24-27(20)19(17)22)14-7-12-3-1-2-4-16(12)23-8-14;21-17-18(12-5-7-29(27,28)8-6-12)25-20-15(11-24-26(20)19(17)22)14-9-13-3-1-2-4-16(13)23-10-14;21-17-18(12-5-7-28(27)8-6-12)25-20-15(11-24-26(20)19(17)22)14-9-13-3-1-2-4-16(13)23-10-14/h1-4,9-13H,5-8,25H2,(H,31,32);2*1-4,7-9,11,13H,5-6,10,22H2;1-4,9-12H,5-8,22H2;1-4,9-12H,5-8,22H2. The summed E-state index contributed by atoms with van der Waals surface area (Å²) in [6.07, 6.45) is 26.7. The number of benzene rings is 5. The van der Waals surface area contributed by atoms with Gasteiger partial charge in [0.2, 0.25) is 18.6 Å². The number of rotatable bonds is 14. The van der Waals surface area contributed by atoms with E-state index in [4.69, 9.17) is 58.7 Å². The van der Waals surface area contributed by atoms with Crippen molar-refractivity contribution in [2.75, 3.05) is 77.9 Å². The van der Waals surface area contributed by atoms with Crippen molar-refractivity contribution in [1.82, 2.24) is 108 Å². The second-order valence-electron chi connectivity index (χ2n) is 36.5. The normalized spacial score (nSPS) is 18.0. The number of nitrogens with two attached hydrogens (primary N) is 5. The topological polar surface area (TPSA) is 492 Å². The number of carboxylic acid groups (broad SMARTS) is 1. The summed E-state index contributed by atoms with van der Waals surface area (Å²) in [5, 5.41) is 36.4. The zero-order chi connectivity index (χ0) is 100. The van der Waals surface area contributed by atoms with Crippen LogP contribution in [0.4, 0.5) is 29.1 Å². The number of carbonyl (C=O) groups is 4. The summed E-state index contributed by atoms with van der Waals surface area (Å²) < 4.78 is 47.2. The van der Waals surface area contributed by atoms with Gasteiger partial charge in [-0.1, -0.05) is 91.0 Å². The summed E-state index contributed by atoms with van der Waals surface area (Å²) in [4.78, 5) is 95.9. The van der Waals surface area contributed by atoms with Gasteiger partial charge in [0.1, 0.15) is 38.9 Å². The molecule has 20 aromatic rings. The first-order chi connectivity index (χ1) is 70.3. The molecular weight excluding hydrogens is 2210 g/mol. The number of aromatic nitrogens is 20. The Hall–Kier alpha value is -14.2. The van der Waals surface area contributed by atoms with Crippen molar-refractivity contribution < 1.29 is 36.9 Å². The lowest BCUT2D eigenvalue weighted by Gasteiger charge is -2.27. The summed E-state index contributed by atoms with van der Waals surface area (Å²) in [6, 6.07) is 50.2. The summed E-state index contributed by atoms with van der Waals surface area (Å²) in [7, 11) is -3.66. The number of para-hydroxylation sites is 5. The van der Waals surface area contributed by atoms with Gasteiger partial charge in [0.05, 0.1) is 121 Å². The third kappa shape index (κ3) is 19.2. The fourth-order valence-corrected chi connectivity index (χ4v) is 25.5. The fraction of sp³-hybridized carbons (Fsp3) is 0.233. The SMILES string of the molecule is Nc1c(Br)c(C2CCC(C(=O)C(=O)O)CC2)nc2c(-c3cnc4ccccc4c3)cnn12.Nc1c(Br)c(C2CCN(C=O)C2)nc2c(-c3cnc4ccccc4c3)cnn12.Nc1c(Br)c(C2CCN(C=O)C2)nc2c(-c3cnc4ccccc4c3)cnn12.Nc1c(Br)c(C2CCS(=O)(=O)CC2)nc2c(-c3cnc4ccccc4c3)cnn12.Nc1c(Br)c(C2CCS(=O)CC2)nc2c(-c3cnc4ccccc4c3)cnn12. The molecule has 2 unspecified atom stereocenters. The molecular formula is C103H90Br5N27O8S2. The van der Waals surface area contributed by atoms with Crippen LogP contribution in [0, 0.1) is 5.92 Å². The molecule has 4 aliphatic heterocycles. The highest BCUT2D eigenvalue weighted by molar-refractivity contribution is 9.11. The molecule has 0 bridgehead atoms. The van der Waals surface area contributed by atoms with Crippen LogP contribution >= 0.6 is 79.6 Å². The van der Waals surface area contributed by atoms with Gasteiger partial charge in [-0.3, -0.25) is 43.5 Å². The molecule has 0 spiro atoms. The molecule has 1 aliphatic carbocycles. The molecule has 732 valence electrons. The summed E-state index contributed by atoms with van der Waals surface area (Å²) in [5.41, 5.74) is 53.1. The lowest BCUT2D eigenvalue weighted by atomic mass is 9.78. The maximum atomic E-state index is 11.8. The molecule has 5 aromatic carbocycles. The number of pyridine rings is 5. The highest BCUT2D eigenvalue weighted by Crippen LogP contribution is 2.46. The Morgan fingerprint density at radius 3 is 0.848 bits per heavy atom. The van der Waals surface area contributed by atoms with Crippen molar-refractivity contribution in [1.29, 1.82) is 0 Å². The zero-order valence-corrected chi connectivity index (χ0v) is 86.9. The summed E-state index contributed by atoms with van der Waals surface area (Å²) in [6.45, 7) is 2.75. The van der Waals surface area contributed by atoms with E-state index >= 15 is 0 Å². The van der Waals surface area contributed by atoms with Crippen LogP contribution < -0.4 is 28.7 Å². The van der Waals surface area contributed by atoms with Crippen LogP contribution in [0.5, 0.6) is 0 Å². The summed E-state index contributed by atoms with van der Waals surface area (Å²) in [5.74, 6) is 2.39. The Labute approximate surface area is 871 Å². The van der Waals surface area contributed by atoms with Gasteiger partial charge in [-0.25, -0.2) is 38.1 Å². The number of sulfone groups is 1. The average molecular weight is 2300 g/mol. The number of aliphatic carboxylic acids is 1. The number of hydrogen-bond donors (Lipinski definition) is 6. The number of carbonyl (C=O) groups excluding carboxylic acids is 3. The van der Waals surface area contributed by atoms with E-state index < -0.39 is 38.3 Å². The molecule has 1 saturated carbocycles. The predicted molar refractivity (Wildman–Crippen MR) is 577 cm³/mol. The molecule has 0 radical (unpaired) electrons. The second kappa shape index (κ2) is 40.8. The number of likely N-dealkylation sites (tertiary alicyclic amines) is 2. The number of carboxylic acids is 1. The number of fused-ring (bicyclic) bond motifs is 10. The van der Waals surface area contributed by atoms with E-state index in [0.29, 0.717) is 124 Å². The van der Waals surface area contributed by atoms with Crippen molar-refractivity contribution in [3.05, 3.63) is 264 Å². The second-order valence-corrected chi connectivity index (χ2v) is 44.4. The number of hydrogen-bond acceptors (Lipinski definition) is 27. The number of amides is 2. The van der Waals surface area contributed by atoms with Crippen molar-refractivity contribution in [2.45, 2.75) is 93.8 Å². The number of halogens is 5. The van der Waals surface area contributed by atoms with E-state index in [2.05, 4.69) is 160 Å². The van der Waals surface area contributed by atoms with Crippen LogP contribution in [-0.2, 0) is 39.8 Å². The van der Waals surface area contributed by atoms with Gasteiger partial charge < -0.3 is 43.6 Å². The number of anilines is 5. The van der Waals surface area contributed by atoms with E-state index in [1.165, 1.54) is 0 Å². The molecule has 25 rings (SSSR count). The van der Waals surface area contributed by atoms with Gasteiger partial charge in [0, 0.05) is 198 Å². The Balaban J connectivity index is 0.000000107. The molecule has 5 aliphatic rings. The number of Topliss-reactive ketones (excluding diaryl/α,β-unsaturated/α-hetero) is 1. The van der Waals surface area contributed by atoms with Gasteiger partial charge in [0.15, 0.2) is 28.2 Å². The molecule has 145 heavy (non-hydrogen) atoms. The van der Waals surface area contributed by atoms with Crippen molar-refractivity contribution in [3.8, 4) is 55.6 Å². The van der Waals surface area contributed by atoms with Gasteiger partial charge in [-0.05, 0) is 205 Å². The third-order valence-electron chi connectivity index (χ3n) is 27.7. The largest absolute Gasteiger partial charge is 0.475 e. The highest BCUT2D eigenvalue weighted by Gasteiger charge is 2.37. The first-order valence-corrected chi connectivity index (χ1v) is 54.2. The van der Waals surface area contributed by atoms with Crippen molar-refractivity contribution in [2.24, 2.45) is 5.92 Å². The molecule has 19 heterocycles. The summed E-state index contributed by atoms with van der Waals surface area (Å²) >= 11 is 17.9. The molecule has 42 heteroatoms. The highest BCUT2D eigenvalue weighted by atomic mass is 79.9. The van der Waals surface area contributed by atoms with Crippen LogP contribution in [-0.4, -0.2) is 199 Å². The first kappa shape index (κ1) is 96.9. The molecule has 15 aromatic heterocycles. The van der Waals surface area contributed by atoms with Crippen molar-refractivity contribution >= 4 is 237 Å². The molecule has 2 atom stereocenters. The van der Waals surface area contributed by atoms with E-state index in [9.17, 15) is 31.8 Å². The Kier molecular flexibility index (Phi) is 27.3. The third-order valence-corrected chi connectivity index (χ3v) is 34.8. The lowest BCUT2D eigenvalue weighted by Crippen LogP contribution is -2.27. The van der Waals surface area contributed by atoms with Crippen LogP contribution in [0.3, 0.4) is 0 Å². The minimum absolute atomic E-state index is 0.0395. The minimum Gasteiger partial charge on any atom is -0.475 e. The van der Waals surface area contributed by atoms with Crippen molar-refractivity contribution in [3.63, 3.8) is 0 Å². The first-order valence-electron chi connectivity index (χ1n) is 46.9. The Bertz CT molecular complexity index is 8290. The number of ketones is 1. The molecule has 2 amide bonds. The van der Waals surface area contributed by atoms with E-state index in [0.717, 1.165) is 209 Å². The zero-order valence-electron chi connectivity index (χ0n) is 77.3. The van der Waals surface area contributed by atoms with E-state index in [1.807, 2.05) is 152 Å². The average Bonchev–Trinajstić information content (AvgIpc) is 1.58. The van der Waals surface area contributed by atoms with Gasteiger partial charge in [-0.15, -0.1) is 0 Å².